The molecule has 3 atom stereocenters. The van der Waals surface area contributed by atoms with Gasteiger partial charge in [-0.2, -0.15) is 5.10 Å². The second-order valence-corrected chi connectivity index (χ2v) is 7.55. The van der Waals surface area contributed by atoms with Gasteiger partial charge < -0.3 is 10.1 Å². The Kier molecular flexibility index (Phi) is 5.22. The van der Waals surface area contributed by atoms with Crippen LogP contribution in [0, 0.1) is 0 Å². The lowest BCUT2D eigenvalue weighted by atomic mass is 9.89. The summed E-state index contributed by atoms with van der Waals surface area (Å²) in [5.74, 6) is -0.0779. The van der Waals surface area contributed by atoms with Gasteiger partial charge in [-0.15, -0.1) is 0 Å². The van der Waals surface area contributed by atoms with Crippen LogP contribution in [-0.2, 0) is 4.74 Å². The van der Waals surface area contributed by atoms with Crippen LogP contribution in [-0.4, -0.2) is 58.9 Å². The van der Waals surface area contributed by atoms with Gasteiger partial charge in [-0.3, -0.25) is 14.8 Å². The monoisotopic (exact) mass is 356 g/mol. The van der Waals surface area contributed by atoms with E-state index < -0.39 is 0 Å². The summed E-state index contributed by atoms with van der Waals surface area (Å²) in [7, 11) is 0. The predicted molar refractivity (Wildman–Crippen MR) is 101 cm³/mol. The van der Waals surface area contributed by atoms with Gasteiger partial charge >= 0.3 is 0 Å². The van der Waals surface area contributed by atoms with Crippen LogP contribution < -0.4 is 5.32 Å². The number of aromatic amines is 1. The number of hydrogen-bond acceptors (Lipinski definition) is 4. The highest BCUT2D eigenvalue weighted by atomic mass is 16.5. The number of aromatic nitrogens is 2. The van der Waals surface area contributed by atoms with E-state index in [1.165, 1.54) is 19.3 Å². The van der Waals surface area contributed by atoms with Gasteiger partial charge in [-0.05, 0) is 31.9 Å². The molecule has 140 valence electrons. The molecule has 2 bridgehead atoms. The van der Waals surface area contributed by atoms with Gasteiger partial charge in [0.2, 0.25) is 0 Å². The number of carbonyl (C=O) groups is 1. The molecule has 2 saturated heterocycles. The standard InChI is InChI=1S/C20H28N4O2/c1-2-3-6-9-24-15-10-14(11-16(24)13-26-12-15)21-20(25)19-17-7-4-5-8-18(17)22-23-19/h4-5,7-8,14-16H,2-3,6,9-13H2,1H3,(H,21,25)(H,22,23)/t14-,15-,16+. The number of nitrogens with zero attached hydrogens (tertiary/aromatic N) is 2. The minimum absolute atomic E-state index is 0.0779. The number of hydrogen-bond donors (Lipinski definition) is 2. The van der Waals surface area contributed by atoms with Gasteiger partial charge in [0.15, 0.2) is 5.69 Å². The van der Waals surface area contributed by atoms with Crippen molar-refractivity contribution >= 4 is 16.8 Å². The number of carbonyl (C=O) groups excluding carboxylic acids is 1. The number of fused-ring (bicyclic) bond motifs is 3. The van der Waals surface area contributed by atoms with Crippen LogP contribution >= 0.6 is 0 Å². The Balaban J connectivity index is 1.41. The molecule has 2 aromatic rings. The summed E-state index contributed by atoms with van der Waals surface area (Å²) >= 11 is 0. The summed E-state index contributed by atoms with van der Waals surface area (Å²) in [4.78, 5) is 15.4. The lowest BCUT2D eigenvalue weighted by Gasteiger charge is -2.48. The molecule has 0 aliphatic carbocycles. The molecule has 0 unspecified atom stereocenters. The molecule has 1 amide bonds. The quantitative estimate of drug-likeness (QED) is 0.781. The summed E-state index contributed by atoms with van der Waals surface area (Å²) in [5, 5.41) is 11.3. The Hall–Kier alpha value is -1.92. The minimum atomic E-state index is -0.0779. The van der Waals surface area contributed by atoms with Gasteiger partial charge in [0.05, 0.1) is 18.7 Å². The normalized spacial score (nSPS) is 26.1. The molecule has 0 saturated carbocycles. The zero-order chi connectivity index (χ0) is 17.9. The number of piperidine rings is 1. The van der Waals surface area contributed by atoms with Gasteiger partial charge in [-0.1, -0.05) is 38.0 Å². The highest BCUT2D eigenvalue weighted by molar-refractivity contribution is 6.04. The highest BCUT2D eigenvalue weighted by Gasteiger charge is 2.39. The molecule has 3 heterocycles. The van der Waals surface area contributed by atoms with E-state index in [2.05, 4.69) is 27.3 Å². The van der Waals surface area contributed by atoms with Gasteiger partial charge in [0, 0.05) is 23.5 Å². The molecule has 6 nitrogen and oxygen atoms in total. The Morgan fingerprint density at radius 3 is 2.81 bits per heavy atom. The number of nitrogens with one attached hydrogen (secondary N) is 2. The first-order valence-corrected chi connectivity index (χ1v) is 9.83. The van der Waals surface area contributed by atoms with E-state index in [4.69, 9.17) is 4.74 Å². The lowest BCUT2D eigenvalue weighted by Crippen LogP contribution is -2.60. The maximum Gasteiger partial charge on any atom is 0.272 e. The van der Waals surface area contributed by atoms with Crippen molar-refractivity contribution in [1.29, 1.82) is 0 Å². The van der Waals surface area contributed by atoms with Crippen LogP contribution in [0.3, 0.4) is 0 Å². The van der Waals surface area contributed by atoms with Crippen molar-refractivity contribution in [3.05, 3.63) is 30.0 Å². The Morgan fingerprint density at radius 1 is 1.27 bits per heavy atom. The summed E-state index contributed by atoms with van der Waals surface area (Å²) in [6.07, 6.45) is 5.69. The van der Waals surface area contributed by atoms with Crippen molar-refractivity contribution < 1.29 is 9.53 Å². The lowest BCUT2D eigenvalue weighted by molar-refractivity contribution is -0.0803. The van der Waals surface area contributed by atoms with Crippen LogP contribution in [0.5, 0.6) is 0 Å². The molecule has 2 N–H and O–H groups in total. The summed E-state index contributed by atoms with van der Waals surface area (Å²) in [6.45, 7) is 4.95. The Labute approximate surface area is 154 Å². The largest absolute Gasteiger partial charge is 0.378 e. The molecule has 0 spiro atoms. The first-order chi connectivity index (χ1) is 12.8. The van der Waals surface area contributed by atoms with Crippen LogP contribution in [0.25, 0.3) is 10.9 Å². The molecule has 1 aromatic heterocycles. The molecule has 6 heteroatoms. The zero-order valence-electron chi connectivity index (χ0n) is 15.4. The van der Waals surface area contributed by atoms with Gasteiger partial charge in [0.1, 0.15) is 0 Å². The number of amides is 1. The molecule has 2 aliphatic rings. The van der Waals surface area contributed by atoms with Crippen LogP contribution in [0.15, 0.2) is 24.3 Å². The van der Waals surface area contributed by atoms with Crippen LogP contribution in [0.4, 0.5) is 0 Å². The maximum atomic E-state index is 12.8. The first kappa shape index (κ1) is 17.5. The molecule has 4 rings (SSSR count). The second kappa shape index (κ2) is 7.76. The van der Waals surface area contributed by atoms with Crippen molar-refractivity contribution in [3.63, 3.8) is 0 Å². The van der Waals surface area contributed by atoms with E-state index >= 15 is 0 Å². The highest BCUT2D eigenvalue weighted by Crippen LogP contribution is 2.28. The van der Waals surface area contributed by atoms with Crippen molar-refractivity contribution in [1.82, 2.24) is 20.4 Å². The number of H-pyrrole nitrogens is 1. The third-order valence-corrected chi connectivity index (χ3v) is 5.71. The van der Waals surface area contributed by atoms with Gasteiger partial charge in [-0.25, -0.2) is 0 Å². The SMILES string of the molecule is CCCCCN1[C@@H]2COC[C@H]1C[C@@H](NC(=O)c1n[nH]c3ccccc13)C2. The molecular weight excluding hydrogens is 328 g/mol. The van der Waals surface area contributed by atoms with E-state index in [-0.39, 0.29) is 11.9 Å². The molecule has 2 fully saturated rings. The van der Waals surface area contributed by atoms with Crippen molar-refractivity contribution in [3.8, 4) is 0 Å². The Bertz CT molecular complexity index is 745. The maximum absolute atomic E-state index is 12.8. The first-order valence-electron chi connectivity index (χ1n) is 9.83. The van der Waals surface area contributed by atoms with E-state index in [9.17, 15) is 4.79 Å². The number of rotatable bonds is 6. The van der Waals surface area contributed by atoms with Gasteiger partial charge in [0.25, 0.3) is 5.91 Å². The number of unbranched alkanes of at least 4 members (excludes halogenated alkanes) is 2. The van der Waals surface area contributed by atoms with Crippen molar-refractivity contribution in [2.24, 2.45) is 0 Å². The van der Waals surface area contributed by atoms with Crippen LogP contribution in [0.1, 0.15) is 49.5 Å². The fourth-order valence-electron chi connectivity index (χ4n) is 4.41. The summed E-state index contributed by atoms with van der Waals surface area (Å²) in [6, 6.07) is 8.78. The molecule has 26 heavy (non-hydrogen) atoms. The molecular formula is C20H28N4O2. The van der Waals surface area contributed by atoms with Crippen molar-refractivity contribution in [2.75, 3.05) is 19.8 Å². The average Bonchev–Trinajstić information content (AvgIpc) is 3.06. The smallest absolute Gasteiger partial charge is 0.272 e. The second-order valence-electron chi connectivity index (χ2n) is 7.55. The fourth-order valence-corrected chi connectivity index (χ4v) is 4.41. The number of benzene rings is 1. The van der Waals surface area contributed by atoms with E-state index in [1.807, 2.05) is 24.3 Å². The Morgan fingerprint density at radius 2 is 2.04 bits per heavy atom. The minimum Gasteiger partial charge on any atom is -0.378 e. The van der Waals surface area contributed by atoms with Crippen molar-refractivity contribution in [2.45, 2.75) is 57.2 Å². The average molecular weight is 356 g/mol. The molecule has 0 radical (unpaired) electrons. The number of ether oxygens (including phenoxy) is 1. The van der Waals surface area contributed by atoms with E-state index in [0.29, 0.717) is 17.8 Å². The fraction of sp³-hybridized carbons (Fsp3) is 0.600. The van der Waals surface area contributed by atoms with E-state index in [0.717, 1.165) is 43.5 Å². The zero-order valence-corrected chi connectivity index (χ0v) is 15.4. The molecule has 1 aromatic carbocycles. The third-order valence-electron chi connectivity index (χ3n) is 5.71. The molecule has 2 aliphatic heterocycles. The third kappa shape index (κ3) is 3.48. The predicted octanol–water partition coefficient (Wildman–Crippen LogP) is 2.71. The summed E-state index contributed by atoms with van der Waals surface area (Å²) in [5.41, 5.74) is 1.39. The number of morpholine rings is 1. The topological polar surface area (TPSA) is 70.2 Å². The van der Waals surface area contributed by atoms with E-state index in [1.54, 1.807) is 0 Å². The summed E-state index contributed by atoms with van der Waals surface area (Å²) < 4.78 is 5.78. The van der Waals surface area contributed by atoms with Crippen LogP contribution in [0.2, 0.25) is 0 Å². The number of para-hydroxylation sites is 1.